The molecule has 1 N–H and O–H groups in total. The Morgan fingerprint density at radius 2 is 2.11 bits per heavy atom. The Morgan fingerprint density at radius 3 is 2.74 bits per heavy atom. The Bertz CT molecular complexity index is 563. The van der Waals surface area contributed by atoms with Crippen molar-refractivity contribution in [3.05, 3.63) is 45.4 Å². The number of hydrogen-bond acceptors (Lipinski definition) is 4. The normalized spacial score (nSPS) is 13.5. The van der Waals surface area contributed by atoms with E-state index in [0.717, 1.165) is 16.1 Å². The summed E-state index contributed by atoms with van der Waals surface area (Å²) < 4.78 is 3.97. The highest BCUT2D eigenvalue weighted by Crippen LogP contribution is 2.32. The van der Waals surface area contributed by atoms with Gasteiger partial charge in [-0.3, -0.25) is 0 Å². The molecular formula is C14H17ClN2OS. The Hall–Kier alpha value is -0.970. The van der Waals surface area contributed by atoms with Gasteiger partial charge in [-0.2, -0.15) is 0 Å². The van der Waals surface area contributed by atoms with Gasteiger partial charge < -0.3 is 5.11 Å². The molecule has 0 spiro atoms. The van der Waals surface area contributed by atoms with Gasteiger partial charge in [0.15, 0.2) is 0 Å². The molecule has 0 aliphatic heterocycles. The number of halogens is 1. The van der Waals surface area contributed by atoms with Gasteiger partial charge in [0.05, 0.1) is 16.7 Å². The summed E-state index contributed by atoms with van der Waals surface area (Å²) in [6.07, 6.45) is -0.0688. The molecule has 1 aromatic heterocycles. The van der Waals surface area contributed by atoms with Crippen molar-refractivity contribution in [1.29, 1.82) is 0 Å². The van der Waals surface area contributed by atoms with Gasteiger partial charge in [-0.15, -0.1) is 5.10 Å². The fourth-order valence-electron chi connectivity index (χ4n) is 1.92. The van der Waals surface area contributed by atoms with Crippen molar-refractivity contribution in [1.82, 2.24) is 9.59 Å². The number of aliphatic hydroxyl groups is 1. The van der Waals surface area contributed by atoms with Crippen LogP contribution in [0.2, 0.25) is 5.02 Å². The SMILES string of the molecule is CC(C)(C)c1nnsc1C(O)Cc1cccc(Cl)c1. The molecule has 0 saturated carbocycles. The lowest BCUT2D eigenvalue weighted by molar-refractivity contribution is 0.179. The van der Waals surface area contributed by atoms with Gasteiger partial charge in [0, 0.05) is 16.9 Å². The van der Waals surface area contributed by atoms with E-state index in [1.807, 2.05) is 24.3 Å². The summed E-state index contributed by atoms with van der Waals surface area (Å²) in [6.45, 7) is 6.21. The second-order valence-corrected chi connectivity index (χ2v) is 6.81. The van der Waals surface area contributed by atoms with E-state index < -0.39 is 6.10 Å². The molecule has 0 aliphatic carbocycles. The second-order valence-electron chi connectivity index (χ2n) is 5.59. The molecule has 102 valence electrons. The number of hydrogen-bond donors (Lipinski definition) is 1. The van der Waals surface area contributed by atoms with Gasteiger partial charge in [0.1, 0.15) is 0 Å². The van der Waals surface area contributed by atoms with Gasteiger partial charge in [-0.05, 0) is 29.2 Å². The predicted molar refractivity (Wildman–Crippen MR) is 78.7 cm³/mol. The minimum Gasteiger partial charge on any atom is -0.387 e. The van der Waals surface area contributed by atoms with Crippen LogP contribution in [0.25, 0.3) is 0 Å². The van der Waals surface area contributed by atoms with Crippen molar-refractivity contribution in [3.8, 4) is 0 Å². The van der Waals surface area contributed by atoms with Crippen molar-refractivity contribution < 1.29 is 5.11 Å². The summed E-state index contributed by atoms with van der Waals surface area (Å²) in [6, 6.07) is 7.54. The highest BCUT2D eigenvalue weighted by molar-refractivity contribution is 7.05. The van der Waals surface area contributed by atoms with Gasteiger partial charge >= 0.3 is 0 Å². The molecule has 0 aliphatic rings. The maximum atomic E-state index is 10.4. The number of benzene rings is 1. The van der Waals surface area contributed by atoms with Crippen molar-refractivity contribution in [3.63, 3.8) is 0 Å². The third-order valence-corrected chi connectivity index (χ3v) is 3.91. The largest absolute Gasteiger partial charge is 0.387 e. The summed E-state index contributed by atoms with van der Waals surface area (Å²) >= 11 is 7.22. The first-order valence-electron chi connectivity index (χ1n) is 6.13. The van der Waals surface area contributed by atoms with Crippen LogP contribution in [-0.4, -0.2) is 14.7 Å². The molecule has 2 aromatic rings. The van der Waals surface area contributed by atoms with Crippen LogP contribution >= 0.6 is 23.1 Å². The molecule has 0 bridgehead atoms. The molecule has 5 heteroatoms. The average molecular weight is 297 g/mol. The Labute approximate surface area is 122 Å². The van der Waals surface area contributed by atoms with Crippen LogP contribution < -0.4 is 0 Å². The molecule has 1 aromatic carbocycles. The van der Waals surface area contributed by atoms with Gasteiger partial charge in [0.25, 0.3) is 0 Å². The summed E-state index contributed by atoms with van der Waals surface area (Å²) in [5.74, 6) is 0. The van der Waals surface area contributed by atoms with Crippen LogP contribution in [-0.2, 0) is 11.8 Å². The van der Waals surface area contributed by atoms with E-state index in [2.05, 4.69) is 30.4 Å². The zero-order valence-electron chi connectivity index (χ0n) is 11.2. The fraction of sp³-hybridized carbons (Fsp3) is 0.429. The first-order valence-corrected chi connectivity index (χ1v) is 7.28. The van der Waals surface area contributed by atoms with E-state index in [1.165, 1.54) is 11.5 Å². The topological polar surface area (TPSA) is 46.0 Å². The van der Waals surface area contributed by atoms with Crippen LogP contribution in [0, 0.1) is 0 Å². The lowest BCUT2D eigenvalue weighted by atomic mass is 9.89. The van der Waals surface area contributed by atoms with Crippen molar-refractivity contribution in [2.45, 2.75) is 38.7 Å². The molecule has 3 nitrogen and oxygen atoms in total. The second kappa shape index (κ2) is 5.57. The van der Waals surface area contributed by atoms with Crippen molar-refractivity contribution >= 4 is 23.1 Å². The lowest BCUT2D eigenvalue weighted by Gasteiger charge is -2.19. The van der Waals surface area contributed by atoms with Gasteiger partial charge in [0.2, 0.25) is 0 Å². The van der Waals surface area contributed by atoms with Crippen LogP contribution in [0.4, 0.5) is 0 Å². The van der Waals surface area contributed by atoms with E-state index in [4.69, 9.17) is 11.6 Å². The van der Waals surface area contributed by atoms with Gasteiger partial charge in [-0.25, -0.2) is 0 Å². The summed E-state index contributed by atoms with van der Waals surface area (Å²) in [7, 11) is 0. The molecule has 1 heterocycles. The minimum atomic E-state index is -0.590. The Morgan fingerprint density at radius 1 is 1.37 bits per heavy atom. The Balaban J connectivity index is 2.21. The lowest BCUT2D eigenvalue weighted by Crippen LogP contribution is -2.16. The zero-order chi connectivity index (χ0) is 14.0. The third-order valence-electron chi connectivity index (χ3n) is 2.84. The number of nitrogens with zero attached hydrogens (tertiary/aromatic N) is 2. The summed E-state index contributed by atoms with van der Waals surface area (Å²) in [5.41, 5.74) is 1.76. The molecule has 0 radical (unpaired) electrons. The van der Waals surface area contributed by atoms with E-state index >= 15 is 0 Å². The van der Waals surface area contributed by atoms with Crippen molar-refractivity contribution in [2.24, 2.45) is 0 Å². The van der Waals surface area contributed by atoms with Crippen LogP contribution in [0.5, 0.6) is 0 Å². The van der Waals surface area contributed by atoms with Crippen LogP contribution in [0.15, 0.2) is 24.3 Å². The van der Waals surface area contributed by atoms with E-state index in [-0.39, 0.29) is 5.41 Å². The van der Waals surface area contributed by atoms with E-state index in [0.29, 0.717) is 11.4 Å². The molecule has 1 unspecified atom stereocenters. The summed E-state index contributed by atoms with van der Waals surface area (Å²) in [4.78, 5) is 0.840. The Kier molecular flexibility index (Phi) is 4.23. The molecule has 2 rings (SSSR count). The summed E-state index contributed by atoms with van der Waals surface area (Å²) in [5, 5.41) is 15.2. The highest BCUT2D eigenvalue weighted by atomic mass is 35.5. The van der Waals surface area contributed by atoms with Gasteiger partial charge in [-0.1, -0.05) is 49.0 Å². The first kappa shape index (κ1) is 14.4. The highest BCUT2D eigenvalue weighted by Gasteiger charge is 2.26. The molecule has 19 heavy (non-hydrogen) atoms. The number of aromatic nitrogens is 2. The molecular weight excluding hydrogens is 280 g/mol. The van der Waals surface area contributed by atoms with Crippen LogP contribution in [0.3, 0.4) is 0 Å². The zero-order valence-corrected chi connectivity index (χ0v) is 12.8. The molecule has 1 atom stereocenters. The monoisotopic (exact) mass is 296 g/mol. The van der Waals surface area contributed by atoms with Crippen molar-refractivity contribution in [2.75, 3.05) is 0 Å². The van der Waals surface area contributed by atoms with Crippen LogP contribution in [0.1, 0.15) is 43.0 Å². The predicted octanol–water partition coefficient (Wildman–Crippen LogP) is 3.77. The molecule has 0 saturated heterocycles. The number of aliphatic hydroxyl groups excluding tert-OH is 1. The van der Waals surface area contributed by atoms with E-state index in [9.17, 15) is 5.11 Å². The average Bonchev–Trinajstić information content (AvgIpc) is 2.77. The smallest absolute Gasteiger partial charge is 0.0957 e. The maximum Gasteiger partial charge on any atom is 0.0957 e. The third kappa shape index (κ3) is 3.53. The molecule has 0 fully saturated rings. The number of rotatable bonds is 3. The van der Waals surface area contributed by atoms with E-state index in [1.54, 1.807) is 0 Å². The minimum absolute atomic E-state index is 0.113. The quantitative estimate of drug-likeness (QED) is 0.938. The first-order chi connectivity index (χ1) is 8.88. The molecule has 0 amide bonds. The maximum absolute atomic E-state index is 10.4. The fourth-order valence-corrected chi connectivity index (χ4v) is 2.98. The standard InChI is InChI=1S/C14H17ClN2OS/c1-14(2,3)13-12(19-17-16-13)11(18)8-9-5-4-6-10(15)7-9/h4-7,11,18H,8H2,1-3H3.